The molecule has 8 N–H and O–H groups in total. The van der Waals surface area contributed by atoms with E-state index in [0.29, 0.717) is 49.2 Å². The SMILES string of the molecule is CCN(CC)CC.F.F.F.NC(=O)C(c1ccccc1)(c1ccccc1)[C@@H]1CCN(CCNC(=O)NCc2cccc(CNC[C@H](O)c3ccc(O)c4[nH]c(=O)ccc34)c2)C1. The van der Waals surface area contributed by atoms with Crippen LogP contribution in [-0.2, 0) is 23.3 Å². The molecule has 1 fully saturated rings. The second-order valence-corrected chi connectivity index (χ2v) is 14.7. The number of H-pyrrole nitrogens is 1. The largest absolute Gasteiger partial charge is 0.506 e. The number of amides is 3. The summed E-state index contributed by atoms with van der Waals surface area (Å²) in [6, 6.07) is 33.2. The summed E-state index contributed by atoms with van der Waals surface area (Å²) < 4.78 is 0. The number of aromatic nitrogens is 1. The van der Waals surface area contributed by atoms with Gasteiger partial charge in [-0.15, -0.1) is 0 Å². The number of primary amides is 1. The number of fused-ring (bicyclic) bond motifs is 1. The van der Waals surface area contributed by atoms with Crippen molar-refractivity contribution in [2.45, 2.75) is 51.8 Å². The number of aliphatic hydroxyl groups is 1. The Labute approximate surface area is 355 Å². The predicted molar refractivity (Wildman–Crippen MR) is 238 cm³/mol. The van der Waals surface area contributed by atoms with E-state index in [9.17, 15) is 24.6 Å². The average Bonchev–Trinajstić information content (AvgIpc) is 3.71. The maximum atomic E-state index is 13.3. The Morgan fingerprint density at radius 3 is 2.02 bits per heavy atom. The summed E-state index contributed by atoms with van der Waals surface area (Å²) in [5.74, 6) is -0.427. The van der Waals surface area contributed by atoms with Crippen LogP contribution in [0.3, 0.4) is 0 Å². The van der Waals surface area contributed by atoms with E-state index in [1.807, 2.05) is 84.9 Å². The Morgan fingerprint density at radius 1 is 0.836 bits per heavy atom. The monoisotopic (exact) mass is 849 g/mol. The molecule has 0 saturated carbocycles. The van der Waals surface area contributed by atoms with Crippen LogP contribution in [0.25, 0.3) is 10.9 Å². The van der Waals surface area contributed by atoms with Gasteiger partial charge < -0.3 is 46.7 Å². The second kappa shape index (κ2) is 25.1. The van der Waals surface area contributed by atoms with Crippen molar-refractivity contribution in [3.8, 4) is 5.75 Å². The van der Waals surface area contributed by atoms with Crippen molar-refractivity contribution in [2.75, 3.05) is 52.4 Å². The van der Waals surface area contributed by atoms with E-state index in [1.165, 1.54) is 31.8 Å². The van der Waals surface area contributed by atoms with Gasteiger partial charge in [-0.25, -0.2) is 4.79 Å². The number of likely N-dealkylation sites (tertiary alicyclic amines) is 1. The topological polar surface area (TPSA) is 176 Å². The van der Waals surface area contributed by atoms with Gasteiger partial charge >= 0.3 is 6.03 Å². The number of nitrogens with two attached hydrogens (primary N) is 1. The first-order chi connectivity index (χ1) is 28.1. The normalized spacial score (nSPS) is 14.1. The third-order valence-corrected chi connectivity index (χ3v) is 11.2. The van der Waals surface area contributed by atoms with Gasteiger partial charge in [0.1, 0.15) is 11.2 Å². The molecule has 12 nitrogen and oxygen atoms in total. The molecule has 0 aliphatic carbocycles. The number of nitrogens with one attached hydrogen (secondary N) is 4. The van der Waals surface area contributed by atoms with E-state index >= 15 is 0 Å². The minimum atomic E-state index is -0.948. The van der Waals surface area contributed by atoms with Gasteiger partial charge in [-0.05, 0) is 78.5 Å². The van der Waals surface area contributed by atoms with Gasteiger partial charge in [-0.1, -0.05) is 112 Å². The number of hydrogen-bond acceptors (Lipinski definition) is 8. The molecule has 3 amide bonds. The third-order valence-electron chi connectivity index (χ3n) is 11.2. The van der Waals surface area contributed by atoms with Crippen LogP contribution in [0.15, 0.2) is 114 Å². The number of nitrogens with zero attached hydrogens (tertiary/aromatic N) is 2. The van der Waals surface area contributed by atoms with Crippen molar-refractivity contribution in [3.05, 3.63) is 147 Å². The number of benzene rings is 4. The van der Waals surface area contributed by atoms with Crippen molar-refractivity contribution < 1.29 is 33.9 Å². The molecule has 61 heavy (non-hydrogen) atoms. The Bertz CT molecular complexity index is 2100. The minimum Gasteiger partial charge on any atom is -0.506 e. The lowest BCUT2D eigenvalue weighted by Gasteiger charge is -2.37. The molecule has 2 atom stereocenters. The first-order valence-corrected chi connectivity index (χ1v) is 20.3. The van der Waals surface area contributed by atoms with Crippen molar-refractivity contribution >= 4 is 22.8 Å². The number of aromatic hydroxyl groups is 1. The minimum absolute atomic E-state index is 0. The molecule has 1 saturated heterocycles. The Kier molecular flexibility index (Phi) is 21.2. The number of phenolic OH excluding ortho intramolecular Hbond substituents is 1. The molecule has 5 aromatic rings. The fraction of sp³-hybridized carbons (Fsp3) is 0.370. The number of carbonyl (C=O) groups is 2. The number of phenols is 1. The molecule has 6 rings (SSSR count). The lowest BCUT2D eigenvalue weighted by atomic mass is 9.64. The Hall–Kier alpha value is -5.74. The van der Waals surface area contributed by atoms with Crippen LogP contribution >= 0.6 is 0 Å². The summed E-state index contributed by atoms with van der Waals surface area (Å²) in [5.41, 5.74) is 9.55. The Balaban J connectivity index is 0.00000118. The lowest BCUT2D eigenvalue weighted by molar-refractivity contribution is -0.123. The zero-order chi connectivity index (χ0) is 41.5. The number of urea groups is 1. The number of carbonyl (C=O) groups excluding carboxylic acids is 2. The van der Waals surface area contributed by atoms with Crippen LogP contribution in [0.2, 0.25) is 0 Å². The fourth-order valence-electron chi connectivity index (χ4n) is 8.02. The molecule has 0 bridgehead atoms. The van der Waals surface area contributed by atoms with Gasteiger partial charge in [0.2, 0.25) is 11.5 Å². The highest BCUT2D eigenvalue weighted by atomic mass is 19.0. The lowest BCUT2D eigenvalue weighted by Crippen LogP contribution is -2.49. The molecule has 1 aliphatic rings. The van der Waals surface area contributed by atoms with E-state index < -0.39 is 11.5 Å². The van der Waals surface area contributed by atoms with Crippen LogP contribution in [0.5, 0.6) is 5.75 Å². The highest BCUT2D eigenvalue weighted by molar-refractivity contribution is 5.91. The zero-order valence-electron chi connectivity index (χ0n) is 35.1. The first kappa shape index (κ1) is 51.4. The number of hydrogen-bond donors (Lipinski definition) is 7. The average molecular weight is 850 g/mol. The quantitative estimate of drug-likeness (QED) is 0.0646. The summed E-state index contributed by atoms with van der Waals surface area (Å²) in [7, 11) is 0. The number of halogens is 3. The summed E-state index contributed by atoms with van der Waals surface area (Å²) in [5, 5.41) is 30.7. The van der Waals surface area contributed by atoms with E-state index in [1.54, 1.807) is 12.1 Å². The smallest absolute Gasteiger partial charge is 0.315 e. The van der Waals surface area contributed by atoms with Gasteiger partial charge in [0.15, 0.2) is 0 Å². The molecule has 15 heteroatoms. The molecule has 0 unspecified atom stereocenters. The standard InChI is InChI=1S/C40H44N6O5.C6H15N.3FH/c41-38(50)40(29-10-3-1-4-11-29,30-12-5-2-6-13-30)31-18-20-46(26-31)21-19-43-39(51)44-24-28-9-7-8-27(22-28)23-42-25-35(48)32-14-16-34(47)37-33(32)15-17-36(49)45-37;1-4-7(5-2)6-3;;;/h1-17,22,31,35,42,47-48H,18-21,23-26H2,(H2,41,50)(H,45,49)(H2,43,44,51);4-6H2,1-3H3;3*1H/t31-,35+;;;;/m1..../s1. The van der Waals surface area contributed by atoms with Crippen molar-refractivity contribution in [1.82, 2.24) is 30.7 Å². The van der Waals surface area contributed by atoms with Crippen molar-refractivity contribution in [3.63, 3.8) is 0 Å². The number of aromatic amines is 1. The molecule has 0 radical (unpaired) electrons. The predicted octanol–water partition coefficient (Wildman–Crippen LogP) is 5.46. The van der Waals surface area contributed by atoms with Gasteiger partial charge in [0, 0.05) is 50.7 Å². The molecule has 1 aliphatic heterocycles. The highest BCUT2D eigenvalue weighted by Gasteiger charge is 2.49. The molecule has 1 aromatic heterocycles. The maximum Gasteiger partial charge on any atom is 0.315 e. The summed E-state index contributed by atoms with van der Waals surface area (Å²) in [6.07, 6.45) is -0.0591. The fourth-order valence-corrected chi connectivity index (χ4v) is 8.02. The van der Waals surface area contributed by atoms with E-state index in [0.717, 1.165) is 35.2 Å². The van der Waals surface area contributed by atoms with E-state index in [-0.39, 0.29) is 49.8 Å². The van der Waals surface area contributed by atoms with E-state index in [2.05, 4.69) is 51.5 Å². The highest BCUT2D eigenvalue weighted by Crippen LogP contribution is 2.43. The number of aliphatic hydroxyl groups excluding tert-OH is 1. The Morgan fingerprint density at radius 2 is 1.44 bits per heavy atom. The van der Waals surface area contributed by atoms with Gasteiger partial charge in [0.05, 0.1) is 11.6 Å². The van der Waals surface area contributed by atoms with Crippen LogP contribution < -0.4 is 27.2 Å². The van der Waals surface area contributed by atoms with Gasteiger partial charge in [-0.2, -0.15) is 0 Å². The molecular weight excluding hydrogens is 788 g/mol. The zero-order valence-corrected chi connectivity index (χ0v) is 35.1. The number of pyridine rings is 1. The molecule has 332 valence electrons. The maximum absolute atomic E-state index is 13.3. The molecule has 2 heterocycles. The molecule has 0 spiro atoms. The molecule has 4 aromatic carbocycles. The number of rotatable bonds is 17. The van der Waals surface area contributed by atoms with Gasteiger partial charge in [0.25, 0.3) is 0 Å². The van der Waals surface area contributed by atoms with Crippen LogP contribution in [0.4, 0.5) is 18.9 Å². The van der Waals surface area contributed by atoms with Crippen LogP contribution in [-0.4, -0.2) is 89.3 Å². The summed E-state index contributed by atoms with van der Waals surface area (Å²) in [6.45, 7) is 13.8. The first-order valence-electron chi connectivity index (χ1n) is 20.3. The summed E-state index contributed by atoms with van der Waals surface area (Å²) >= 11 is 0. The second-order valence-electron chi connectivity index (χ2n) is 14.7. The van der Waals surface area contributed by atoms with Crippen molar-refractivity contribution in [1.29, 1.82) is 0 Å². The van der Waals surface area contributed by atoms with Gasteiger partial charge in [-0.3, -0.25) is 23.7 Å². The van der Waals surface area contributed by atoms with Crippen molar-refractivity contribution in [2.24, 2.45) is 11.7 Å². The van der Waals surface area contributed by atoms with Crippen LogP contribution in [0, 0.1) is 5.92 Å². The van der Waals surface area contributed by atoms with E-state index in [4.69, 9.17) is 5.73 Å². The summed E-state index contributed by atoms with van der Waals surface area (Å²) in [4.78, 5) is 45.0. The van der Waals surface area contributed by atoms with Crippen LogP contribution in [0.1, 0.15) is 61.1 Å². The third kappa shape index (κ3) is 13.1. The molecular formula is C46H62F3N7O5.